The van der Waals surface area contributed by atoms with Crippen molar-refractivity contribution in [3.05, 3.63) is 60.0 Å². The van der Waals surface area contributed by atoms with Gasteiger partial charge in [0, 0.05) is 30.7 Å². The number of aryl methyl sites for hydroxylation is 1. The third-order valence-electron chi connectivity index (χ3n) is 5.54. The molecule has 1 amide bonds. The van der Waals surface area contributed by atoms with Crippen molar-refractivity contribution in [1.82, 2.24) is 9.97 Å². The number of halogens is 2. The maximum Gasteiger partial charge on any atom is 0.241 e. The fourth-order valence-corrected chi connectivity index (χ4v) is 3.94. The number of hydrogen-bond acceptors (Lipinski definition) is 7. The summed E-state index contributed by atoms with van der Waals surface area (Å²) < 4.78 is 25.1. The van der Waals surface area contributed by atoms with Crippen molar-refractivity contribution in [1.29, 1.82) is 0 Å². The summed E-state index contributed by atoms with van der Waals surface area (Å²) in [6.07, 6.45) is 3.86. The van der Waals surface area contributed by atoms with Gasteiger partial charge in [0.15, 0.2) is 11.6 Å². The Labute approximate surface area is 208 Å². The summed E-state index contributed by atoms with van der Waals surface area (Å²) in [5.41, 5.74) is 3.19. The van der Waals surface area contributed by atoms with Crippen molar-refractivity contribution in [2.24, 2.45) is 0 Å². The Morgan fingerprint density at radius 1 is 1.11 bits per heavy atom. The van der Waals surface area contributed by atoms with Crippen LogP contribution in [-0.4, -0.2) is 48.6 Å². The van der Waals surface area contributed by atoms with E-state index >= 15 is 0 Å². The van der Waals surface area contributed by atoms with Crippen LogP contribution in [0, 0.1) is 5.82 Å². The largest absolute Gasteiger partial charge is 0.491 e. The molecule has 1 aliphatic rings. The van der Waals surface area contributed by atoms with Crippen LogP contribution in [0.15, 0.2) is 48.7 Å². The molecule has 1 aliphatic heterocycles. The van der Waals surface area contributed by atoms with Crippen LogP contribution in [-0.2, 0) is 16.0 Å². The number of benzene rings is 2. The van der Waals surface area contributed by atoms with Gasteiger partial charge in [0.05, 0.1) is 12.8 Å². The van der Waals surface area contributed by atoms with Crippen molar-refractivity contribution in [3.8, 4) is 5.75 Å². The molecule has 8 nitrogen and oxygen atoms in total. The maximum atomic E-state index is 14.5. The first-order chi connectivity index (χ1) is 17.1. The van der Waals surface area contributed by atoms with E-state index in [4.69, 9.17) is 21.1 Å². The van der Waals surface area contributed by atoms with Crippen LogP contribution >= 0.6 is 11.6 Å². The van der Waals surface area contributed by atoms with Gasteiger partial charge in [-0.25, -0.2) is 9.37 Å². The minimum Gasteiger partial charge on any atom is -0.491 e. The van der Waals surface area contributed by atoms with E-state index in [1.54, 1.807) is 12.0 Å². The SMILES string of the molecule is COCCOc1ccc(Nc2ncc(F)c(Nc3ccc4c(c3)N(C(=O)CCl)CCCC4)n2)cc1. The summed E-state index contributed by atoms with van der Waals surface area (Å²) in [5, 5.41) is 6.08. The fourth-order valence-electron chi connectivity index (χ4n) is 3.80. The fraction of sp³-hybridized carbons (Fsp3) is 0.320. The Balaban J connectivity index is 1.50. The van der Waals surface area contributed by atoms with Gasteiger partial charge in [-0.2, -0.15) is 4.98 Å². The minimum atomic E-state index is -0.596. The molecular weight excluding hydrogens is 473 g/mol. The van der Waals surface area contributed by atoms with Crippen molar-refractivity contribution >= 4 is 46.3 Å². The number of fused-ring (bicyclic) bond motifs is 1. The zero-order chi connectivity index (χ0) is 24.6. The summed E-state index contributed by atoms with van der Waals surface area (Å²) in [6.45, 7) is 1.57. The number of methoxy groups -OCH3 is 1. The van der Waals surface area contributed by atoms with E-state index in [2.05, 4.69) is 20.6 Å². The molecule has 0 saturated carbocycles. The summed E-state index contributed by atoms with van der Waals surface area (Å²) in [7, 11) is 1.62. The zero-order valence-corrected chi connectivity index (χ0v) is 20.1. The third-order valence-corrected chi connectivity index (χ3v) is 5.77. The molecule has 0 spiro atoms. The smallest absolute Gasteiger partial charge is 0.241 e. The predicted molar refractivity (Wildman–Crippen MR) is 135 cm³/mol. The second-order valence-corrected chi connectivity index (χ2v) is 8.25. The van der Waals surface area contributed by atoms with Crippen molar-refractivity contribution in [2.75, 3.05) is 48.3 Å². The lowest BCUT2D eigenvalue weighted by molar-refractivity contribution is -0.116. The molecule has 0 aliphatic carbocycles. The van der Waals surface area contributed by atoms with Gasteiger partial charge in [-0.05, 0) is 61.2 Å². The standard InChI is InChI=1S/C25H27ClFN5O3/c1-34-12-13-35-20-9-7-18(8-10-20)30-25-28-16-21(27)24(31-25)29-19-6-5-17-4-2-3-11-32(22(17)14-19)23(33)15-26/h5-10,14,16H,2-4,11-13,15H2,1H3,(H2,28,29,30,31). The summed E-state index contributed by atoms with van der Waals surface area (Å²) in [5.74, 6) is 0.122. The Kier molecular flexibility index (Phi) is 8.33. The number of carbonyl (C=O) groups excluding carboxylic acids is 1. The van der Waals surface area contributed by atoms with Gasteiger partial charge in [-0.15, -0.1) is 11.6 Å². The second kappa shape index (κ2) is 11.8. The first kappa shape index (κ1) is 24.7. The van der Waals surface area contributed by atoms with Crippen molar-refractivity contribution in [3.63, 3.8) is 0 Å². The molecule has 4 rings (SSSR count). The molecule has 3 aromatic rings. The average Bonchev–Trinajstić information content (AvgIpc) is 3.09. The van der Waals surface area contributed by atoms with Crippen molar-refractivity contribution < 1.29 is 18.7 Å². The highest BCUT2D eigenvalue weighted by Crippen LogP contribution is 2.31. The van der Waals surface area contributed by atoms with E-state index < -0.39 is 5.82 Å². The van der Waals surface area contributed by atoms with E-state index in [0.717, 1.165) is 42.4 Å². The van der Waals surface area contributed by atoms with Crippen LogP contribution in [0.5, 0.6) is 5.75 Å². The minimum absolute atomic E-state index is 0.0193. The zero-order valence-electron chi connectivity index (χ0n) is 19.4. The number of hydrogen-bond donors (Lipinski definition) is 2. The average molecular weight is 500 g/mol. The summed E-state index contributed by atoms with van der Waals surface area (Å²) >= 11 is 5.82. The van der Waals surface area contributed by atoms with Crippen LogP contribution in [0.1, 0.15) is 18.4 Å². The highest BCUT2D eigenvalue weighted by Gasteiger charge is 2.21. The summed E-state index contributed by atoms with van der Waals surface area (Å²) in [4.78, 5) is 22.4. The van der Waals surface area contributed by atoms with Gasteiger partial charge in [0.2, 0.25) is 11.9 Å². The van der Waals surface area contributed by atoms with Crippen LogP contribution in [0.3, 0.4) is 0 Å². The lowest BCUT2D eigenvalue weighted by Crippen LogP contribution is -2.32. The van der Waals surface area contributed by atoms with Gasteiger partial charge in [-0.3, -0.25) is 4.79 Å². The Morgan fingerprint density at radius 2 is 1.91 bits per heavy atom. The molecular formula is C25H27ClFN5O3. The Morgan fingerprint density at radius 3 is 2.69 bits per heavy atom. The Bertz CT molecular complexity index is 1160. The number of ether oxygens (including phenoxy) is 2. The number of anilines is 5. The molecule has 184 valence electrons. The van der Waals surface area contributed by atoms with E-state index in [9.17, 15) is 9.18 Å². The monoisotopic (exact) mass is 499 g/mol. The number of alkyl halides is 1. The third kappa shape index (κ3) is 6.37. The molecule has 0 atom stereocenters. The summed E-state index contributed by atoms with van der Waals surface area (Å²) in [6, 6.07) is 12.9. The number of aromatic nitrogens is 2. The van der Waals surface area contributed by atoms with E-state index in [-0.39, 0.29) is 23.6 Å². The van der Waals surface area contributed by atoms with Crippen LogP contribution < -0.4 is 20.3 Å². The molecule has 0 radical (unpaired) electrons. The van der Waals surface area contributed by atoms with Crippen LogP contribution in [0.25, 0.3) is 0 Å². The highest BCUT2D eigenvalue weighted by molar-refractivity contribution is 6.29. The lowest BCUT2D eigenvalue weighted by Gasteiger charge is -2.23. The number of rotatable bonds is 9. The normalized spacial score (nSPS) is 13.1. The first-order valence-corrected chi connectivity index (χ1v) is 11.9. The lowest BCUT2D eigenvalue weighted by atomic mass is 10.1. The van der Waals surface area contributed by atoms with Gasteiger partial charge in [0.1, 0.15) is 18.2 Å². The number of nitrogens with one attached hydrogen (secondary N) is 2. The Hall–Kier alpha value is -3.43. The molecule has 2 N–H and O–H groups in total. The van der Waals surface area contributed by atoms with Crippen LogP contribution in [0.4, 0.5) is 33.2 Å². The topological polar surface area (TPSA) is 88.6 Å². The molecule has 35 heavy (non-hydrogen) atoms. The number of amides is 1. The molecule has 1 aromatic heterocycles. The van der Waals surface area contributed by atoms with Gasteiger partial charge in [-0.1, -0.05) is 6.07 Å². The molecule has 10 heteroatoms. The molecule has 2 heterocycles. The van der Waals surface area contributed by atoms with E-state index in [1.165, 1.54) is 0 Å². The van der Waals surface area contributed by atoms with E-state index in [1.807, 2.05) is 42.5 Å². The van der Waals surface area contributed by atoms with Crippen LogP contribution in [0.2, 0.25) is 0 Å². The van der Waals surface area contributed by atoms with Gasteiger partial charge in [0.25, 0.3) is 0 Å². The van der Waals surface area contributed by atoms with Gasteiger partial charge < -0.3 is 25.0 Å². The quantitative estimate of drug-likeness (QED) is 0.315. The van der Waals surface area contributed by atoms with Gasteiger partial charge >= 0.3 is 0 Å². The van der Waals surface area contributed by atoms with E-state index in [0.29, 0.717) is 31.2 Å². The maximum absolute atomic E-state index is 14.5. The molecule has 0 bridgehead atoms. The van der Waals surface area contributed by atoms with Crippen molar-refractivity contribution in [2.45, 2.75) is 19.3 Å². The molecule has 0 unspecified atom stereocenters. The first-order valence-electron chi connectivity index (χ1n) is 11.3. The second-order valence-electron chi connectivity index (χ2n) is 7.99. The molecule has 0 saturated heterocycles. The number of nitrogens with zero attached hydrogens (tertiary/aromatic N) is 3. The highest BCUT2D eigenvalue weighted by atomic mass is 35.5. The number of carbonyl (C=O) groups is 1. The molecule has 0 fully saturated rings. The predicted octanol–water partition coefficient (Wildman–Crippen LogP) is 5.04. The molecule has 2 aromatic carbocycles.